The van der Waals surface area contributed by atoms with Crippen LogP contribution in [0.1, 0.15) is 5.69 Å². The zero-order valence-corrected chi connectivity index (χ0v) is 10.9. The smallest absolute Gasteiger partial charge is 0.123 e. The number of halogens is 1. The molecule has 0 fully saturated rings. The van der Waals surface area contributed by atoms with Crippen LogP contribution in [0.4, 0.5) is 4.39 Å². The van der Waals surface area contributed by atoms with Gasteiger partial charge < -0.3 is 5.43 Å². The van der Waals surface area contributed by atoms with Gasteiger partial charge in [-0.2, -0.15) is 0 Å². The fourth-order valence-corrected chi connectivity index (χ4v) is 2.55. The van der Waals surface area contributed by atoms with E-state index < -0.39 is 0 Å². The first kappa shape index (κ1) is 11.9. The Labute approximate surface area is 114 Å². The molecule has 0 aliphatic carbocycles. The highest BCUT2D eigenvalue weighted by Gasteiger charge is 2.04. The fourth-order valence-electron chi connectivity index (χ4n) is 1.73. The summed E-state index contributed by atoms with van der Waals surface area (Å²) in [5.41, 5.74) is 5.13. The molecular formula is C14H12FN3S. The van der Waals surface area contributed by atoms with Gasteiger partial charge in [0.1, 0.15) is 10.8 Å². The van der Waals surface area contributed by atoms with Crippen LogP contribution in [0.2, 0.25) is 0 Å². The Kier molecular flexibility index (Phi) is 3.29. The molecule has 0 aliphatic heterocycles. The predicted molar refractivity (Wildman–Crippen MR) is 75.0 cm³/mol. The van der Waals surface area contributed by atoms with Gasteiger partial charge in [0.15, 0.2) is 0 Å². The second-order valence-corrected chi connectivity index (χ2v) is 4.93. The van der Waals surface area contributed by atoms with Crippen molar-refractivity contribution in [3.8, 4) is 10.6 Å². The number of hydrogen-bond donors (Lipinski definition) is 1. The highest BCUT2D eigenvalue weighted by molar-refractivity contribution is 7.13. The predicted octanol–water partition coefficient (Wildman–Crippen LogP) is 3.49. The molecule has 1 aromatic carbocycles. The summed E-state index contributed by atoms with van der Waals surface area (Å²) in [6, 6.07) is 10.3. The normalized spacial score (nSPS) is 10.6. The maximum Gasteiger partial charge on any atom is 0.123 e. The number of hydrogen-bond acceptors (Lipinski definition) is 3. The first-order chi connectivity index (χ1) is 9.31. The molecule has 1 N–H and O–H groups in total. The van der Waals surface area contributed by atoms with Crippen molar-refractivity contribution in [3.63, 3.8) is 0 Å². The minimum atomic E-state index is -0.227. The highest BCUT2D eigenvalue weighted by atomic mass is 32.1. The molecule has 2 aromatic heterocycles. The molecule has 2 heterocycles. The van der Waals surface area contributed by atoms with Gasteiger partial charge in [0, 0.05) is 23.3 Å². The number of nitrogens with zero attached hydrogens (tertiary/aromatic N) is 2. The molecule has 0 saturated heterocycles. The zero-order chi connectivity index (χ0) is 13.1. The van der Waals surface area contributed by atoms with E-state index in [9.17, 15) is 4.39 Å². The SMILES string of the molecule is Fc1ccc(-c2nc(CNn3cccc3)cs2)cc1. The van der Waals surface area contributed by atoms with Gasteiger partial charge in [-0.1, -0.05) is 0 Å². The van der Waals surface area contributed by atoms with Gasteiger partial charge in [-0.05, 0) is 36.4 Å². The summed E-state index contributed by atoms with van der Waals surface area (Å²) in [4.78, 5) is 4.53. The number of nitrogens with one attached hydrogen (secondary N) is 1. The third-order valence-electron chi connectivity index (χ3n) is 2.69. The molecule has 3 nitrogen and oxygen atoms in total. The van der Waals surface area contributed by atoms with Crippen LogP contribution < -0.4 is 5.43 Å². The standard InChI is InChI=1S/C14H12FN3S/c15-12-5-3-11(4-6-12)14-17-13(10-19-14)9-16-18-7-1-2-8-18/h1-8,10,16H,9H2. The molecule has 0 bridgehead atoms. The average molecular weight is 273 g/mol. The molecule has 3 rings (SSSR count). The van der Waals surface area contributed by atoms with Crippen LogP contribution in [-0.4, -0.2) is 9.66 Å². The Hall–Kier alpha value is -2.14. The number of benzene rings is 1. The maximum atomic E-state index is 12.9. The van der Waals surface area contributed by atoms with Gasteiger partial charge in [-0.25, -0.2) is 9.37 Å². The van der Waals surface area contributed by atoms with Gasteiger partial charge in [-0.3, -0.25) is 4.68 Å². The summed E-state index contributed by atoms with van der Waals surface area (Å²) in [5, 5.41) is 2.92. The van der Waals surface area contributed by atoms with Crippen LogP contribution >= 0.6 is 11.3 Å². The molecule has 0 saturated carbocycles. The van der Waals surface area contributed by atoms with Crippen molar-refractivity contribution in [2.45, 2.75) is 6.54 Å². The van der Waals surface area contributed by atoms with E-state index in [1.807, 2.05) is 34.6 Å². The van der Waals surface area contributed by atoms with E-state index in [2.05, 4.69) is 10.4 Å². The van der Waals surface area contributed by atoms with E-state index in [1.54, 1.807) is 23.5 Å². The van der Waals surface area contributed by atoms with Crippen molar-refractivity contribution in [1.29, 1.82) is 0 Å². The average Bonchev–Trinajstić information content (AvgIpc) is 3.09. The summed E-state index contributed by atoms with van der Waals surface area (Å²) < 4.78 is 14.7. The van der Waals surface area contributed by atoms with Crippen molar-refractivity contribution in [2.75, 3.05) is 5.43 Å². The Bertz CT molecular complexity index is 644. The first-order valence-electron chi connectivity index (χ1n) is 5.88. The molecular weight excluding hydrogens is 261 g/mol. The largest absolute Gasteiger partial charge is 0.320 e. The number of rotatable bonds is 4. The third kappa shape index (κ3) is 2.82. The van der Waals surface area contributed by atoms with Crippen LogP contribution in [0.3, 0.4) is 0 Å². The molecule has 0 radical (unpaired) electrons. The molecule has 0 spiro atoms. The topological polar surface area (TPSA) is 29.9 Å². The number of thiazole rings is 1. The van der Waals surface area contributed by atoms with E-state index in [0.717, 1.165) is 16.3 Å². The minimum absolute atomic E-state index is 0.227. The summed E-state index contributed by atoms with van der Waals surface area (Å²) in [7, 11) is 0. The molecule has 0 atom stereocenters. The fraction of sp³-hybridized carbons (Fsp3) is 0.0714. The summed E-state index contributed by atoms with van der Waals surface area (Å²) in [5.74, 6) is -0.227. The van der Waals surface area contributed by atoms with E-state index in [4.69, 9.17) is 0 Å². The monoisotopic (exact) mass is 273 g/mol. The van der Waals surface area contributed by atoms with Crippen LogP contribution in [0.25, 0.3) is 10.6 Å². The van der Waals surface area contributed by atoms with Gasteiger partial charge in [0.05, 0.1) is 12.2 Å². The first-order valence-corrected chi connectivity index (χ1v) is 6.76. The number of aromatic nitrogens is 2. The molecule has 3 aromatic rings. The lowest BCUT2D eigenvalue weighted by Gasteiger charge is -2.04. The lowest BCUT2D eigenvalue weighted by Crippen LogP contribution is -2.11. The molecule has 0 unspecified atom stereocenters. The zero-order valence-electron chi connectivity index (χ0n) is 10.1. The van der Waals surface area contributed by atoms with E-state index in [0.29, 0.717) is 6.54 Å². The minimum Gasteiger partial charge on any atom is -0.320 e. The van der Waals surface area contributed by atoms with Crippen LogP contribution in [-0.2, 0) is 6.54 Å². The van der Waals surface area contributed by atoms with Crippen LogP contribution in [0.5, 0.6) is 0 Å². The maximum absolute atomic E-state index is 12.9. The van der Waals surface area contributed by atoms with Crippen molar-refractivity contribution >= 4 is 11.3 Å². The van der Waals surface area contributed by atoms with Gasteiger partial charge in [0.25, 0.3) is 0 Å². The van der Waals surface area contributed by atoms with Crippen LogP contribution in [0.15, 0.2) is 54.2 Å². The summed E-state index contributed by atoms with van der Waals surface area (Å²) in [6.07, 6.45) is 3.88. The summed E-state index contributed by atoms with van der Waals surface area (Å²) in [6.45, 7) is 0.659. The Morgan fingerprint density at radius 2 is 1.89 bits per heavy atom. The molecule has 96 valence electrons. The van der Waals surface area contributed by atoms with Crippen molar-refractivity contribution in [1.82, 2.24) is 9.66 Å². The Morgan fingerprint density at radius 1 is 1.16 bits per heavy atom. The molecule has 0 aliphatic rings. The van der Waals surface area contributed by atoms with Crippen LogP contribution in [0, 0.1) is 5.82 Å². The highest BCUT2D eigenvalue weighted by Crippen LogP contribution is 2.23. The quantitative estimate of drug-likeness (QED) is 0.788. The van der Waals surface area contributed by atoms with Crippen molar-refractivity contribution in [2.24, 2.45) is 0 Å². The van der Waals surface area contributed by atoms with Crippen molar-refractivity contribution < 1.29 is 4.39 Å². The van der Waals surface area contributed by atoms with E-state index in [-0.39, 0.29) is 5.82 Å². The van der Waals surface area contributed by atoms with Crippen molar-refractivity contribution in [3.05, 3.63) is 65.7 Å². The van der Waals surface area contributed by atoms with Gasteiger partial charge in [0.2, 0.25) is 0 Å². The lowest BCUT2D eigenvalue weighted by atomic mass is 10.2. The second kappa shape index (κ2) is 5.24. The van der Waals surface area contributed by atoms with E-state index >= 15 is 0 Å². The summed E-state index contributed by atoms with van der Waals surface area (Å²) >= 11 is 1.56. The molecule has 5 heteroatoms. The van der Waals surface area contributed by atoms with Gasteiger partial charge >= 0.3 is 0 Å². The van der Waals surface area contributed by atoms with Gasteiger partial charge in [-0.15, -0.1) is 11.3 Å². The lowest BCUT2D eigenvalue weighted by molar-refractivity contribution is 0.628. The molecule has 0 amide bonds. The second-order valence-electron chi connectivity index (χ2n) is 4.08. The third-order valence-corrected chi connectivity index (χ3v) is 3.63. The Morgan fingerprint density at radius 3 is 2.63 bits per heavy atom. The molecule has 19 heavy (non-hydrogen) atoms. The Balaban J connectivity index is 1.70. The van der Waals surface area contributed by atoms with E-state index in [1.165, 1.54) is 12.1 Å².